The lowest BCUT2D eigenvalue weighted by molar-refractivity contribution is -0.132. The molecule has 0 unspecified atom stereocenters. The number of rotatable bonds is 4. The van der Waals surface area contributed by atoms with Crippen LogP contribution in [0, 0.1) is 6.92 Å². The van der Waals surface area contributed by atoms with Crippen molar-refractivity contribution in [2.24, 2.45) is 0 Å². The molecule has 1 aliphatic rings. The van der Waals surface area contributed by atoms with Crippen molar-refractivity contribution in [3.63, 3.8) is 0 Å². The second kappa shape index (κ2) is 6.21. The number of hydrogen-bond donors (Lipinski definition) is 1. The molecule has 0 aromatic carbocycles. The van der Waals surface area contributed by atoms with Gasteiger partial charge in [-0.15, -0.1) is 0 Å². The fraction of sp³-hybridized carbons (Fsp3) is 0.643. The molecule has 5 heteroatoms. The largest absolute Gasteiger partial charge is 0.464 e. The van der Waals surface area contributed by atoms with E-state index in [-0.39, 0.29) is 5.91 Å². The zero-order valence-electron chi connectivity index (χ0n) is 12.0. The van der Waals surface area contributed by atoms with Crippen LogP contribution in [0.15, 0.2) is 16.5 Å². The number of aryl methyl sites for hydroxylation is 1. The highest BCUT2D eigenvalue weighted by atomic mass is 16.3. The number of piperazine rings is 1. The van der Waals surface area contributed by atoms with E-state index in [0.717, 1.165) is 31.2 Å². The Kier molecular flexibility index (Phi) is 4.61. The molecule has 106 valence electrons. The SMILES string of the molecule is Cc1ccc(CN(C)C(=O)CN2CCN[C@H](C)C2)o1. The molecular weight excluding hydrogens is 242 g/mol. The minimum atomic E-state index is 0.142. The maximum atomic E-state index is 12.2. The van der Waals surface area contributed by atoms with Crippen LogP contribution in [0.4, 0.5) is 0 Å². The Morgan fingerprint density at radius 2 is 2.37 bits per heavy atom. The molecule has 0 radical (unpaired) electrons. The van der Waals surface area contributed by atoms with Crippen LogP contribution < -0.4 is 5.32 Å². The monoisotopic (exact) mass is 265 g/mol. The van der Waals surface area contributed by atoms with Crippen molar-refractivity contribution in [1.29, 1.82) is 0 Å². The van der Waals surface area contributed by atoms with Crippen LogP contribution >= 0.6 is 0 Å². The standard InChI is InChI=1S/C14H23N3O2/c1-11-8-17(7-6-15-11)10-14(18)16(3)9-13-5-4-12(2)19-13/h4-5,11,15H,6-10H2,1-3H3/t11-/m1/s1. The number of hydrogen-bond acceptors (Lipinski definition) is 4. The van der Waals surface area contributed by atoms with Gasteiger partial charge in [0.05, 0.1) is 13.1 Å². The third-order valence-electron chi connectivity index (χ3n) is 3.43. The van der Waals surface area contributed by atoms with Crippen molar-refractivity contribution in [3.05, 3.63) is 23.7 Å². The van der Waals surface area contributed by atoms with Crippen LogP contribution in [0.3, 0.4) is 0 Å². The van der Waals surface area contributed by atoms with Crippen molar-refractivity contribution >= 4 is 5.91 Å². The highest BCUT2D eigenvalue weighted by molar-refractivity contribution is 5.77. The van der Waals surface area contributed by atoms with Gasteiger partial charge in [-0.25, -0.2) is 0 Å². The third kappa shape index (κ3) is 4.08. The van der Waals surface area contributed by atoms with Crippen LogP contribution in [0.2, 0.25) is 0 Å². The number of carbonyl (C=O) groups is 1. The second-order valence-electron chi connectivity index (χ2n) is 5.35. The molecule has 19 heavy (non-hydrogen) atoms. The number of nitrogens with zero attached hydrogens (tertiary/aromatic N) is 2. The highest BCUT2D eigenvalue weighted by Crippen LogP contribution is 2.09. The van der Waals surface area contributed by atoms with Crippen LogP contribution in [-0.2, 0) is 11.3 Å². The molecule has 0 aliphatic carbocycles. The average Bonchev–Trinajstić information content (AvgIpc) is 2.74. The molecule has 1 amide bonds. The van der Waals surface area contributed by atoms with Crippen molar-refractivity contribution in [1.82, 2.24) is 15.1 Å². The van der Waals surface area contributed by atoms with Gasteiger partial charge in [-0.1, -0.05) is 0 Å². The Balaban J connectivity index is 1.81. The highest BCUT2D eigenvalue weighted by Gasteiger charge is 2.20. The van der Waals surface area contributed by atoms with Gasteiger partial charge in [0.1, 0.15) is 11.5 Å². The van der Waals surface area contributed by atoms with Gasteiger partial charge < -0.3 is 14.6 Å². The molecule has 0 saturated carbocycles. The number of nitrogens with one attached hydrogen (secondary N) is 1. The molecule has 5 nitrogen and oxygen atoms in total. The topological polar surface area (TPSA) is 48.7 Å². The quantitative estimate of drug-likeness (QED) is 0.876. The molecule has 1 saturated heterocycles. The third-order valence-corrected chi connectivity index (χ3v) is 3.43. The maximum Gasteiger partial charge on any atom is 0.236 e. The van der Waals surface area contributed by atoms with E-state index >= 15 is 0 Å². The van der Waals surface area contributed by atoms with Crippen molar-refractivity contribution < 1.29 is 9.21 Å². The van der Waals surface area contributed by atoms with E-state index in [4.69, 9.17) is 4.42 Å². The summed E-state index contributed by atoms with van der Waals surface area (Å²) in [5, 5.41) is 3.38. The van der Waals surface area contributed by atoms with Gasteiger partial charge in [-0.3, -0.25) is 9.69 Å². The molecule has 0 spiro atoms. The summed E-state index contributed by atoms with van der Waals surface area (Å²) in [4.78, 5) is 16.1. The zero-order chi connectivity index (χ0) is 13.8. The number of carbonyl (C=O) groups excluding carboxylic acids is 1. The summed E-state index contributed by atoms with van der Waals surface area (Å²) in [5.74, 6) is 1.86. The van der Waals surface area contributed by atoms with Gasteiger partial charge in [0.15, 0.2) is 0 Å². The first-order valence-corrected chi connectivity index (χ1v) is 6.79. The Morgan fingerprint density at radius 3 is 3.00 bits per heavy atom. The van der Waals surface area contributed by atoms with Crippen LogP contribution in [0.1, 0.15) is 18.4 Å². The molecule has 1 atom stereocenters. The van der Waals surface area contributed by atoms with Crippen molar-refractivity contribution in [3.8, 4) is 0 Å². The van der Waals surface area contributed by atoms with Gasteiger partial charge in [0.25, 0.3) is 0 Å². The van der Waals surface area contributed by atoms with Gasteiger partial charge in [0.2, 0.25) is 5.91 Å². The van der Waals surface area contributed by atoms with Crippen LogP contribution in [-0.4, -0.2) is 55.0 Å². The van der Waals surface area contributed by atoms with E-state index < -0.39 is 0 Å². The Hall–Kier alpha value is -1.33. The number of amides is 1. The fourth-order valence-corrected chi connectivity index (χ4v) is 2.36. The molecule has 1 fully saturated rings. The lowest BCUT2D eigenvalue weighted by Crippen LogP contribution is -2.51. The summed E-state index contributed by atoms with van der Waals surface area (Å²) in [7, 11) is 1.83. The minimum Gasteiger partial charge on any atom is -0.464 e. The molecule has 2 heterocycles. The predicted octanol–water partition coefficient (Wildman–Crippen LogP) is 0.840. The molecule has 1 aromatic rings. The normalized spacial score (nSPS) is 20.5. The lowest BCUT2D eigenvalue weighted by Gasteiger charge is -2.32. The van der Waals surface area contributed by atoms with E-state index in [1.54, 1.807) is 4.90 Å². The number of furan rings is 1. The molecule has 1 N–H and O–H groups in total. The zero-order valence-corrected chi connectivity index (χ0v) is 12.0. The summed E-state index contributed by atoms with van der Waals surface area (Å²) >= 11 is 0. The van der Waals surface area contributed by atoms with Gasteiger partial charge >= 0.3 is 0 Å². The predicted molar refractivity (Wildman–Crippen MR) is 73.8 cm³/mol. The van der Waals surface area contributed by atoms with Crippen LogP contribution in [0.5, 0.6) is 0 Å². The summed E-state index contributed by atoms with van der Waals surface area (Å²) < 4.78 is 5.49. The summed E-state index contributed by atoms with van der Waals surface area (Å²) in [6, 6.07) is 4.30. The Bertz CT molecular complexity index is 430. The van der Waals surface area contributed by atoms with E-state index in [2.05, 4.69) is 17.1 Å². The first-order chi connectivity index (χ1) is 9.04. The van der Waals surface area contributed by atoms with E-state index in [9.17, 15) is 4.79 Å². The van der Waals surface area contributed by atoms with Gasteiger partial charge in [-0.2, -0.15) is 0 Å². The number of likely N-dealkylation sites (N-methyl/N-ethyl adjacent to an activating group) is 1. The second-order valence-corrected chi connectivity index (χ2v) is 5.35. The summed E-state index contributed by atoms with van der Waals surface area (Å²) in [5.41, 5.74) is 0. The van der Waals surface area contributed by atoms with Crippen molar-refractivity contribution in [2.45, 2.75) is 26.4 Å². The van der Waals surface area contributed by atoms with E-state index in [1.165, 1.54) is 0 Å². The molecular formula is C14H23N3O2. The minimum absolute atomic E-state index is 0.142. The molecule has 0 bridgehead atoms. The van der Waals surface area contributed by atoms with E-state index in [0.29, 0.717) is 19.1 Å². The molecule has 1 aromatic heterocycles. The van der Waals surface area contributed by atoms with Gasteiger partial charge in [0, 0.05) is 32.7 Å². The maximum absolute atomic E-state index is 12.2. The van der Waals surface area contributed by atoms with Gasteiger partial charge in [-0.05, 0) is 26.0 Å². The summed E-state index contributed by atoms with van der Waals surface area (Å²) in [6.07, 6.45) is 0. The Morgan fingerprint density at radius 1 is 1.58 bits per heavy atom. The molecule has 2 rings (SSSR count). The summed E-state index contributed by atoms with van der Waals surface area (Å²) in [6.45, 7) is 7.90. The molecule has 1 aliphatic heterocycles. The van der Waals surface area contributed by atoms with Crippen LogP contribution in [0.25, 0.3) is 0 Å². The van der Waals surface area contributed by atoms with Crippen molar-refractivity contribution in [2.75, 3.05) is 33.2 Å². The Labute approximate surface area is 114 Å². The first kappa shape index (κ1) is 14.1. The van der Waals surface area contributed by atoms with E-state index in [1.807, 2.05) is 26.1 Å². The average molecular weight is 265 g/mol. The lowest BCUT2D eigenvalue weighted by atomic mass is 10.2. The smallest absolute Gasteiger partial charge is 0.236 e. The fourth-order valence-electron chi connectivity index (χ4n) is 2.36. The first-order valence-electron chi connectivity index (χ1n) is 6.79.